The van der Waals surface area contributed by atoms with Crippen LogP contribution in [0.1, 0.15) is 47.0 Å². The zero-order valence-electron chi connectivity index (χ0n) is 16.2. The van der Waals surface area contributed by atoms with E-state index in [9.17, 15) is 24.6 Å². The molecular weight excluding hydrogens is 352 g/mol. The molecule has 2 N–H and O–H groups in total. The lowest BCUT2D eigenvalue weighted by Gasteiger charge is -2.37. The van der Waals surface area contributed by atoms with Gasteiger partial charge in [-0.2, -0.15) is 0 Å². The number of hydrogen-bond acceptors (Lipinski definition) is 7. The Morgan fingerprint density at radius 2 is 2.04 bits per heavy atom. The van der Waals surface area contributed by atoms with Crippen LogP contribution in [-0.2, 0) is 23.9 Å². The van der Waals surface area contributed by atoms with Crippen LogP contribution in [0.3, 0.4) is 0 Å². The maximum Gasteiger partial charge on any atom is 0.334 e. The van der Waals surface area contributed by atoms with E-state index in [0.29, 0.717) is 6.42 Å². The van der Waals surface area contributed by atoms with Crippen LogP contribution in [0.25, 0.3) is 0 Å². The summed E-state index contributed by atoms with van der Waals surface area (Å²) in [5.41, 5.74) is -1.31. The number of Topliss-reactive ketones (excluding diaryl/α,β-unsaturated/α-hetero) is 1. The highest BCUT2D eigenvalue weighted by molar-refractivity contribution is 5.92. The van der Waals surface area contributed by atoms with Gasteiger partial charge in [-0.15, -0.1) is 0 Å². The summed E-state index contributed by atoms with van der Waals surface area (Å²) in [6.07, 6.45) is -1.73. The first kappa shape index (κ1) is 21.3. The summed E-state index contributed by atoms with van der Waals surface area (Å²) in [4.78, 5) is 36.8. The van der Waals surface area contributed by atoms with Crippen LogP contribution in [0.5, 0.6) is 0 Å². The van der Waals surface area contributed by atoms with Gasteiger partial charge in [0.15, 0.2) is 5.78 Å². The Bertz CT molecular complexity index is 674. The Balaban J connectivity index is 2.50. The number of carbonyl (C=O) groups is 3. The molecule has 0 saturated carbocycles. The first-order valence-electron chi connectivity index (χ1n) is 9.15. The summed E-state index contributed by atoms with van der Waals surface area (Å²) < 4.78 is 10.8. The second-order valence-corrected chi connectivity index (χ2v) is 8.00. The van der Waals surface area contributed by atoms with Crippen molar-refractivity contribution in [1.82, 2.24) is 0 Å². The van der Waals surface area contributed by atoms with E-state index in [0.717, 1.165) is 5.57 Å². The minimum absolute atomic E-state index is 0.00529. The van der Waals surface area contributed by atoms with Crippen LogP contribution >= 0.6 is 0 Å². The summed E-state index contributed by atoms with van der Waals surface area (Å²) >= 11 is 0. The van der Waals surface area contributed by atoms with E-state index in [1.165, 1.54) is 6.92 Å². The smallest absolute Gasteiger partial charge is 0.334 e. The van der Waals surface area contributed by atoms with Gasteiger partial charge < -0.3 is 19.7 Å². The van der Waals surface area contributed by atoms with Gasteiger partial charge in [0, 0.05) is 18.4 Å². The van der Waals surface area contributed by atoms with Crippen LogP contribution in [0.15, 0.2) is 23.8 Å². The van der Waals surface area contributed by atoms with E-state index in [1.54, 1.807) is 13.0 Å². The predicted molar refractivity (Wildman–Crippen MR) is 96.5 cm³/mol. The lowest BCUT2D eigenvalue weighted by atomic mass is 9.78. The van der Waals surface area contributed by atoms with Gasteiger partial charge in [0.05, 0.1) is 5.92 Å². The number of aliphatic hydroxyl groups excluding tert-OH is 1. The van der Waals surface area contributed by atoms with Gasteiger partial charge in [-0.25, -0.2) is 4.79 Å². The molecule has 2 rings (SSSR count). The fraction of sp³-hybridized carbons (Fsp3) is 0.650. The van der Waals surface area contributed by atoms with Gasteiger partial charge in [-0.05, 0) is 32.3 Å². The van der Waals surface area contributed by atoms with Crippen molar-refractivity contribution >= 4 is 17.7 Å². The third-order valence-electron chi connectivity index (χ3n) is 5.10. The van der Waals surface area contributed by atoms with Crippen LogP contribution in [0.4, 0.5) is 0 Å². The van der Waals surface area contributed by atoms with E-state index in [2.05, 4.69) is 6.58 Å². The summed E-state index contributed by atoms with van der Waals surface area (Å²) in [5, 5.41) is 21.5. The second-order valence-electron chi connectivity index (χ2n) is 8.00. The van der Waals surface area contributed by atoms with E-state index < -0.39 is 47.6 Å². The number of carbonyl (C=O) groups excluding carboxylic acids is 3. The van der Waals surface area contributed by atoms with Crippen molar-refractivity contribution in [2.75, 3.05) is 0 Å². The first-order chi connectivity index (χ1) is 12.4. The first-order valence-corrected chi connectivity index (χ1v) is 9.15. The Morgan fingerprint density at radius 3 is 2.63 bits per heavy atom. The molecule has 1 aliphatic carbocycles. The largest absolute Gasteiger partial charge is 0.459 e. The molecule has 27 heavy (non-hydrogen) atoms. The Labute approximate surface area is 159 Å². The molecule has 0 aromatic carbocycles. The number of aliphatic hydroxyl groups is 2. The average molecular weight is 380 g/mol. The zero-order chi connectivity index (χ0) is 20.5. The number of ketones is 1. The highest BCUT2D eigenvalue weighted by Crippen LogP contribution is 2.38. The maximum absolute atomic E-state index is 12.5. The van der Waals surface area contributed by atoms with Gasteiger partial charge in [0.2, 0.25) is 0 Å². The van der Waals surface area contributed by atoms with Crippen molar-refractivity contribution in [3.8, 4) is 0 Å². The molecule has 2 aliphatic rings. The molecule has 0 amide bonds. The molecule has 0 radical (unpaired) electrons. The Morgan fingerprint density at radius 1 is 1.41 bits per heavy atom. The number of allylic oxidation sites excluding steroid dienone is 1. The lowest BCUT2D eigenvalue weighted by molar-refractivity contribution is -0.182. The molecule has 0 aromatic heterocycles. The van der Waals surface area contributed by atoms with Crippen molar-refractivity contribution in [1.29, 1.82) is 0 Å². The van der Waals surface area contributed by atoms with E-state index in [-0.39, 0.29) is 24.3 Å². The van der Waals surface area contributed by atoms with Gasteiger partial charge in [0.25, 0.3) is 0 Å². The Kier molecular flexibility index (Phi) is 6.27. The summed E-state index contributed by atoms with van der Waals surface area (Å²) in [6, 6.07) is 0. The van der Waals surface area contributed by atoms with Crippen molar-refractivity contribution in [3.63, 3.8) is 0 Å². The quantitative estimate of drug-likeness (QED) is 0.433. The van der Waals surface area contributed by atoms with Gasteiger partial charge >= 0.3 is 11.9 Å². The van der Waals surface area contributed by atoms with E-state index >= 15 is 0 Å². The minimum atomic E-state index is -2.14. The normalized spacial score (nSPS) is 36.7. The molecule has 1 aliphatic heterocycles. The SMILES string of the molecule is C=C1C(=O)O[C@H]2/C=C(\C)CCC(=O)[C@@](C)(O)[C@@H](O)[C@@H](OC(=O)CC(C)C)C12. The third kappa shape index (κ3) is 4.47. The molecule has 0 aromatic rings. The minimum Gasteiger partial charge on any atom is -0.459 e. The molecule has 7 nitrogen and oxygen atoms in total. The maximum atomic E-state index is 12.5. The van der Waals surface area contributed by atoms with E-state index in [4.69, 9.17) is 9.47 Å². The van der Waals surface area contributed by atoms with Gasteiger partial charge in [-0.1, -0.05) is 26.0 Å². The summed E-state index contributed by atoms with van der Waals surface area (Å²) in [7, 11) is 0. The van der Waals surface area contributed by atoms with Crippen LogP contribution in [0, 0.1) is 11.8 Å². The highest BCUT2D eigenvalue weighted by Gasteiger charge is 2.53. The number of esters is 2. The van der Waals surface area contributed by atoms with Crippen LogP contribution in [0.2, 0.25) is 0 Å². The monoisotopic (exact) mass is 380 g/mol. The van der Waals surface area contributed by atoms with Crippen LogP contribution < -0.4 is 0 Å². The third-order valence-corrected chi connectivity index (χ3v) is 5.10. The zero-order valence-corrected chi connectivity index (χ0v) is 16.2. The van der Waals surface area contributed by atoms with Crippen molar-refractivity contribution in [2.24, 2.45) is 11.8 Å². The van der Waals surface area contributed by atoms with E-state index in [1.807, 2.05) is 13.8 Å². The molecule has 1 unspecified atom stereocenters. The number of fused-ring (bicyclic) bond motifs is 1. The lowest BCUT2D eigenvalue weighted by Crippen LogP contribution is -2.57. The highest BCUT2D eigenvalue weighted by atomic mass is 16.6. The molecule has 1 heterocycles. The van der Waals surface area contributed by atoms with Crippen molar-refractivity contribution in [2.45, 2.75) is 70.9 Å². The number of ether oxygens (including phenoxy) is 2. The number of rotatable bonds is 3. The fourth-order valence-electron chi connectivity index (χ4n) is 3.41. The Hall–Kier alpha value is -1.99. The molecule has 0 spiro atoms. The molecular formula is C20H28O7. The molecule has 150 valence electrons. The summed E-state index contributed by atoms with van der Waals surface area (Å²) in [5.74, 6) is -2.70. The van der Waals surface area contributed by atoms with Crippen LogP contribution in [-0.4, -0.2) is 51.8 Å². The molecule has 1 saturated heterocycles. The standard InChI is InChI=1S/C20H28O7/c1-10(2)8-15(22)27-17-16-12(4)19(24)26-13(16)9-11(3)6-7-14(21)20(5,25)18(17)23/h9-10,13,16-18,23,25H,4,6-8H2,1-3,5H3/b11-9+/t13-,16?,17-,18-,20+/m0/s1. The number of hydrogen-bond donors (Lipinski definition) is 2. The van der Waals surface area contributed by atoms with Crippen molar-refractivity contribution in [3.05, 3.63) is 23.8 Å². The molecule has 5 atom stereocenters. The molecule has 0 bridgehead atoms. The van der Waals surface area contributed by atoms with Gasteiger partial charge in [0.1, 0.15) is 23.9 Å². The second kappa shape index (κ2) is 7.94. The predicted octanol–water partition coefficient (Wildman–Crippen LogP) is 1.46. The molecule has 7 heteroatoms. The molecule has 1 fully saturated rings. The van der Waals surface area contributed by atoms with Gasteiger partial charge in [-0.3, -0.25) is 9.59 Å². The fourth-order valence-corrected chi connectivity index (χ4v) is 3.41. The average Bonchev–Trinajstić information content (AvgIpc) is 2.82. The summed E-state index contributed by atoms with van der Waals surface area (Å²) in [6.45, 7) is 10.4. The topological polar surface area (TPSA) is 110 Å². The van der Waals surface area contributed by atoms with Crippen molar-refractivity contribution < 1.29 is 34.1 Å².